The largest absolute Gasteiger partial charge is 0.497 e. The molecule has 0 aromatic heterocycles. The Hall–Kier alpha value is -2.83. The molecule has 2 aromatic rings. The molecule has 5 atom stereocenters. The van der Waals surface area contributed by atoms with Crippen molar-refractivity contribution < 1.29 is 38.3 Å². The maximum absolute atomic E-state index is 13.1. The van der Waals surface area contributed by atoms with E-state index in [1.807, 2.05) is 76.2 Å². The molecule has 2 heterocycles. The lowest BCUT2D eigenvalue weighted by Crippen LogP contribution is -2.57. The molecule has 1 fully saturated rings. The number of nitrogens with zero attached hydrogens (tertiary/aromatic N) is 2. The second-order valence-electron chi connectivity index (χ2n) is 11.1. The number of ether oxygens (including phenoxy) is 6. The Morgan fingerprint density at radius 3 is 1.98 bits per heavy atom. The fourth-order valence-electron chi connectivity index (χ4n) is 4.69. The van der Waals surface area contributed by atoms with Crippen molar-refractivity contribution in [2.24, 2.45) is 4.99 Å². The van der Waals surface area contributed by atoms with Gasteiger partial charge in [0.05, 0.1) is 34.0 Å². The first kappa shape index (κ1) is 32.1. The van der Waals surface area contributed by atoms with Gasteiger partial charge in [-0.05, 0) is 62.6 Å². The van der Waals surface area contributed by atoms with Crippen LogP contribution >= 0.6 is 11.8 Å². The summed E-state index contributed by atoms with van der Waals surface area (Å²) in [6, 6.07) is 14.8. The number of hydrogen-bond donors (Lipinski definition) is 1. The lowest BCUT2D eigenvalue weighted by molar-refractivity contribution is -0.205. The molecule has 10 nitrogen and oxygen atoms in total. The monoisotopic (exact) mass is 602 g/mol. The van der Waals surface area contributed by atoms with Crippen LogP contribution in [0.15, 0.2) is 53.5 Å². The van der Waals surface area contributed by atoms with Gasteiger partial charge in [-0.25, -0.2) is 4.79 Å². The van der Waals surface area contributed by atoms with E-state index in [1.54, 1.807) is 19.1 Å². The SMILES string of the molecule is CCCN(C(=O)OC(C)(C)C)C1=N[C@@H]2[C@@H](OCc3ccc(OC)cc3)[C@H](OCc3ccc(OC)cc3)[C@@H](CO)O[C@@H]2S1. The molecule has 1 N–H and O–H groups in total. The number of amides is 1. The lowest BCUT2D eigenvalue weighted by Gasteiger charge is -2.42. The highest BCUT2D eigenvalue weighted by Crippen LogP contribution is 2.40. The summed E-state index contributed by atoms with van der Waals surface area (Å²) in [5.41, 5.74) is 0.764. The van der Waals surface area contributed by atoms with Gasteiger partial charge in [-0.3, -0.25) is 9.89 Å². The molecule has 2 aliphatic heterocycles. The van der Waals surface area contributed by atoms with Crippen LogP contribution in [0.1, 0.15) is 45.2 Å². The second-order valence-corrected chi connectivity index (χ2v) is 12.2. The number of rotatable bonds is 11. The molecule has 0 bridgehead atoms. The van der Waals surface area contributed by atoms with E-state index in [4.69, 9.17) is 33.4 Å². The molecule has 0 unspecified atom stereocenters. The van der Waals surface area contributed by atoms with E-state index in [-0.39, 0.29) is 13.2 Å². The van der Waals surface area contributed by atoms with Gasteiger partial charge >= 0.3 is 6.09 Å². The van der Waals surface area contributed by atoms with E-state index in [0.29, 0.717) is 18.3 Å². The number of carbonyl (C=O) groups excluding carboxylic acids is 1. The first-order valence-corrected chi connectivity index (χ1v) is 15.0. The third kappa shape index (κ3) is 8.17. The fourth-order valence-corrected chi connectivity index (χ4v) is 5.93. The predicted molar refractivity (Wildman–Crippen MR) is 161 cm³/mol. The molecule has 11 heteroatoms. The summed E-state index contributed by atoms with van der Waals surface area (Å²) in [5.74, 6) is 1.51. The van der Waals surface area contributed by atoms with Crippen molar-refractivity contribution in [3.05, 3.63) is 59.7 Å². The molecule has 1 saturated heterocycles. The van der Waals surface area contributed by atoms with Crippen LogP contribution in [0.25, 0.3) is 0 Å². The first-order valence-electron chi connectivity index (χ1n) is 14.2. The highest BCUT2D eigenvalue weighted by Gasteiger charge is 2.51. The van der Waals surface area contributed by atoms with Gasteiger partial charge in [0.25, 0.3) is 0 Å². The molecule has 0 radical (unpaired) electrons. The Labute approximate surface area is 252 Å². The average Bonchev–Trinajstić information content (AvgIpc) is 3.40. The molecule has 0 saturated carbocycles. The van der Waals surface area contributed by atoms with E-state index in [0.717, 1.165) is 29.0 Å². The minimum absolute atomic E-state index is 0.264. The summed E-state index contributed by atoms with van der Waals surface area (Å²) in [6.45, 7) is 8.24. The number of hydrogen-bond acceptors (Lipinski definition) is 10. The van der Waals surface area contributed by atoms with Crippen molar-refractivity contribution in [2.75, 3.05) is 27.4 Å². The van der Waals surface area contributed by atoms with Crippen LogP contribution in [0.3, 0.4) is 0 Å². The Morgan fingerprint density at radius 2 is 1.50 bits per heavy atom. The highest BCUT2D eigenvalue weighted by molar-refractivity contribution is 8.14. The number of aliphatic hydroxyl groups excluding tert-OH is 1. The Balaban J connectivity index is 1.60. The Morgan fingerprint density at radius 1 is 0.952 bits per heavy atom. The number of carbonyl (C=O) groups is 1. The number of benzene rings is 2. The van der Waals surface area contributed by atoms with Gasteiger partial charge < -0.3 is 33.5 Å². The van der Waals surface area contributed by atoms with Crippen LogP contribution in [0.2, 0.25) is 0 Å². The van der Waals surface area contributed by atoms with E-state index in [1.165, 1.54) is 11.8 Å². The van der Waals surface area contributed by atoms with Crippen molar-refractivity contribution in [1.82, 2.24) is 4.90 Å². The fraction of sp³-hybridized carbons (Fsp3) is 0.548. The third-order valence-corrected chi connectivity index (χ3v) is 7.93. The van der Waals surface area contributed by atoms with Crippen molar-refractivity contribution in [2.45, 2.75) is 82.7 Å². The zero-order valence-electron chi connectivity index (χ0n) is 25.1. The minimum Gasteiger partial charge on any atom is -0.497 e. The molecule has 2 aliphatic rings. The third-order valence-electron chi connectivity index (χ3n) is 6.77. The van der Waals surface area contributed by atoms with Crippen molar-refractivity contribution >= 4 is 23.0 Å². The normalized spacial score (nSPS) is 23.6. The van der Waals surface area contributed by atoms with Gasteiger partial charge in [0.15, 0.2) is 5.17 Å². The molecule has 0 aliphatic carbocycles. The molecule has 2 aromatic carbocycles. The molecular weight excluding hydrogens is 560 g/mol. The second kappa shape index (κ2) is 14.6. The quantitative estimate of drug-likeness (QED) is 0.380. The number of aliphatic hydroxyl groups is 1. The van der Waals surface area contributed by atoms with E-state index >= 15 is 0 Å². The summed E-state index contributed by atoms with van der Waals surface area (Å²) in [6.07, 6.45) is -1.58. The van der Waals surface area contributed by atoms with E-state index in [2.05, 4.69) is 0 Å². The Bertz CT molecular complexity index is 1180. The van der Waals surface area contributed by atoms with Crippen LogP contribution in [0, 0.1) is 0 Å². The maximum Gasteiger partial charge on any atom is 0.416 e. The van der Waals surface area contributed by atoms with Crippen LogP contribution in [-0.4, -0.2) is 84.0 Å². The van der Waals surface area contributed by atoms with Crippen LogP contribution in [0.5, 0.6) is 11.5 Å². The zero-order valence-corrected chi connectivity index (χ0v) is 26.0. The smallest absolute Gasteiger partial charge is 0.416 e. The summed E-state index contributed by atoms with van der Waals surface area (Å²) in [4.78, 5) is 19.6. The topological polar surface area (TPSA) is 108 Å². The minimum atomic E-state index is -0.659. The van der Waals surface area contributed by atoms with Crippen molar-refractivity contribution in [3.8, 4) is 11.5 Å². The Kier molecular flexibility index (Phi) is 11.1. The van der Waals surface area contributed by atoms with Crippen LogP contribution in [-0.2, 0) is 32.2 Å². The lowest BCUT2D eigenvalue weighted by atomic mass is 9.97. The van der Waals surface area contributed by atoms with Crippen LogP contribution < -0.4 is 9.47 Å². The number of methoxy groups -OCH3 is 2. The highest BCUT2D eigenvalue weighted by atomic mass is 32.2. The maximum atomic E-state index is 13.1. The van der Waals surface area contributed by atoms with Gasteiger partial charge in [-0.15, -0.1) is 0 Å². The van der Waals surface area contributed by atoms with Gasteiger partial charge in [-0.1, -0.05) is 43.0 Å². The molecule has 42 heavy (non-hydrogen) atoms. The van der Waals surface area contributed by atoms with Crippen molar-refractivity contribution in [3.63, 3.8) is 0 Å². The van der Waals surface area contributed by atoms with Crippen LogP contribution in [0.4, 0.5) is 4.79 Å². The summed E-state index contributed by atoms with van der Waals surface area (Å²) in [7, 11) is 3.25. The average molecular weight is 603 g/mol. The predicted octanol–water partition coefficient (Wildman–Crippen LogP) is 5.01. The molecule has 0 spiro atoms. The van der Waals surface area contributed by atoms with Gasteiger partial charge in [0.1, 0.15) is 46.9 Å². The molecule has 1 amide bonds. The van der Waals surface area contributed by atoms with Gasteiger partial charge in [0, 0.05) is 6.54 Å². The van der Waals surface area contributed by atoms with E-state index < -0.39 is 41.5 Å². The van der Waals surface area contributed by atoms with Crippen molar-refractivity contribution in [1.29, 1.82) is 0 Å². The molecule has 4 rings (SSSR count). The number of aliphatic imine (C=N–C) groups is 1. The summed E-state index contributed by atoms with van der Waals surface area (Å²) in [5, 5.41) is 10.9. The summed E-state index contributed by atoms with van der Waals surface area (Å²) >= 11 is 1.34. The van der Waals surface area contributed by atoms with Gasteiger partial charge in [-0.2, -0.15) is 0 Å². The number of fused-ring (bicyclic) bond motifs is 1. The molecular formula is C31H42N2O8S. The standard InChI is InChI=1S/C31H42N2O8S/c1-7-16-33(30(35)41-31(2,3)4)29-32-25-27(39-19-21-10-14-23(37-6)15-11-21)26(24(17-34)40-28(25)42-29)38-18-20-8-12-22(36-5)13-9-20/h8-15,24-28,34H,7,16-19H2,1-6H3/t24-,25-,26-,27-,28-/m1/s1. The molecule has 230 valence electrons. The summed E-state index contributed by atoms with van der Waals surface area (Å²) < 4.78 is 35.5. The van der Waals surface area contributed by atoms with Gasteiger partial charge in [0.2, 0.25) is 0 Å². The number of thioether (sulfide) groups is 1. The number of amidine groups is 1. The van der Waals surface area contributed by atoms with E-state index in [9.17, 15) is 9.90 Å². The zero-order chi connectivity index (χ0) is 30.3. The first-order chi connectivity index (χ1) is 20.1.